The number of rotatable bonds is 6. The van der Waals surface area contributed by atoms with Gasteiger partial charge in [0.15, 0.2) is 0 Å². The normalized spacial score (nSPS) is 14.7. The van der Waals surface area contributed by atoms with Crippen LogP contribution in [0.3, 0.4) is 0 Å². The standard InChI is InChI=1S/C26H20ClN3O6/c1-15-9-16(2)11-18(10-15)14-36-23-8-3-17(13-22(23)27)12-21-24(31)28-26(33)29(25(21)32)19-4-6-20(7-5-19)30(34)35/h3-13H,14H2,1-2H3,(H,28,31,33)/b21-12+. The van der Waals surface area contributed by atoms with Crippen molar-refractivity contribution in [2.75, 3.05) is 4.90 Å². The van der Waals surface area contributed by atoms with E-state index in [2.05, 4.69) is 11.4 Å². The first-order valence-corrected chi connectivity index (χ1v) is 11.2. The van der Waals surface area contributed by atoms with Crippen LogP contribution in [0.15, 0.2) is 66.2 Å². The van der Waals surface area contributed by atoms with Crippen molar-refractivity contribution in [3.8, 4) is 5.75 Å². The molecule has 9 nitrogen and oxygen atoms in total. The molecule has 4 rings (SSSR count). The lowest BCUT2D eigenvalue weighted by molar-refractivity contribution is -0.384. The summed E-state index contributed by atoms with van der Waals surface area (Å²) < 4.78 is 5.84. The van der Waals surface area contributed by atoms with E-state index in [1.165, 1.54) is 18.2 Å². The third-order valence-corrected chi connectivity index (χ3v) is 5.66. The molecule has 3 aromatic rings. The number of anilines is 1. The van der Waals surface area contributed by atoms with E-state index in [0.717, 1.165) is 33.7 Å². The molecule has 0 radical (unpaired) electrons. The molecule has 4 amide bonds. The summed E-state index contributed by atoms with van der Waals surface area (Å²) in [5.74, 6) is -1.31. The zero-order valence-corrected chi connectivity index (χ0v) is 20.0. The van der Waals surface area contributed by atoms with Gasteiger partial charge in [0, 0.05) is 12.1 Å². The number of ether oxygens (including phenoxy) is 1. The van der Waals surface area contributed by atoms with Crippen LogP contribution < -0.4 is 15.0 Å². The summed E-state index contributed by atoms with van der Waals surface area (Å²) in [5, 5.41) is 13.3. The Balaban J connectivity index is 1.55. The summed E-state index contributed by atoms with van der Waals surface area (Å²) in [7, 11) is 0. The first-order chi connectivity index (χ1) is 17.1. The number of hydrogen-bond donors (Lipinski definition) is 1. The quantitative estimate of drug-likeness (QED) is 0.215. The summed E-state index contributed by atoms with van der Waals surface area (Å²) in [6.45, 7) is 4.32. The zero-order chi connectivity index (χ0) is 26.0. The average molecular weight is 506 g/mol. The topological polar surface area (TPSA) is 119 Å². The first kappa shape index (κ1) is 24.6. The molecule has 0 saturated carbocycles. The molecule has 1 aliphatic heterocycles. The molecule has 0 aromatic heterocycles. The number of imide groups is 2. The van der Waals surface area contributed by atoms with Gasteiger partial charge in [0.25, 0.3) is 17.5 Å². The maximum Gasteiger partial charge on any atom is 0.335 e. The van der Waals surface area contributed by atoms with Crippen LogP contribution in [-0.4, -0.2) is 22.8 Å². The van der Waals surface area contributed by atoms with Gasteiger partial charge in [-0.2, -0.15) is 0 Å². The second-order valence-corrected chi connectivity index (χ2v) is 8.61. The second kappa shape index (κ2) is 10.0. The Kier molecular flexibility index (Phi) is 6.84. The van der Waals surface area contributed by atoms with Crippen LogP contribution in [-0.2, 0) is 16.2 Å². The lowest BCUT2D eigenvalue weighted by Crippen LogP contribution is -2.54. The number of carbonyl (C=O) groups is 3. The molecule has 1 N–H and O–H groups in total. The van der Waals surface area contributed by atoms with Gasteiger partial charge in [-0.1, -0.05) is 47.0 Å². The summed E-state index contributed by atoms with van der Waals surface area (Å²) in [6.07, 6.45) is 1.31. The molecule has 0 bridgehead atoms. The fraction of sp³-hybridized carbons (Fsp3) is 0.115. The minimum absolute atomic E-state index is 0.0784. The van der Waals surface area contributed by atoms with Gasteiger partial charge >= 0.3 is 6.03 Å². The Hall–Kier alpha value is -4.50. The van der Waals surface area contributed by atoms with E-state index in [9.17, 15) is 24.5 Å². The van der Waals surface area contributed by atoms with E-state index in [1.807, 2.05) is 26.0 Å². The van der Waals surface area contributed by atoms with Crippen molar-refractivity contribution in [2.24, 2.45) is 0 Å². The molecule has 0 spiro atoms. The number of hydrogen-bond acceptors (Lipinski definition) is 6. The zero-order valence-electron chi connectivity index (χ0n) is 19.3. The van der Waals surface area contributed by atoms with Gasteiger partial charge in [-0.25, -0.2) is 9.69 Å². The molecule has 0 aliphatic carbocycles. The third kappa shape index (κ3) is 5.26. The number of carbonyl (C=O) groups excluding carboxylic acids is 3. The van der Waals surface area contributed by atoms with E-state index in [4.69, 9.17) is 16.3 Å². The van der Waals surface area contributed by atoms with E-state index < -0.39 is 22.8 Å². The number of benzene rings is 3. The van der Waals surface area contributed by atoms with Gasteiger partial charge in [0.2, 0.25) is 0 Å². The average Bonchev–Trinajstić information content (AvgIpc) is 2.81. The maximum atomic E-state index is 13.0. The number of urea groups is 1. The van der Waals surface area contributed by atoms with Gasteiger partial charge < -0.3 is 4.74 Å². The number of nitro benzene ring substituents is 1. The predicted octanol–water partition coefficient (Wildman–Crippen LogP) is 5.11. The highest BCUT2D eigenvalue weighted by atomic mass is 35.5. The van der Waals surface area contributed by atoms with Crippen LogP contribution >= 0.6 is 11.6 Å². The van der Waals surface area contributed by atoms with Gasteiger partial charge in [-0.15, -0.1) is 0 Å². The van der Waals surface area contributed by atoms with Crippen LogP contribution in [0.4, 0.5) is 16.2 Å². The lowest BCUT2D eigenvalue weighted by atomic mass is 10.1. The fourth-order valence-electron chi connectivity index (χ4n) is 3.82. The van der Waals surface area contributed by atoms with Crippen LogP contribution in [0.5, 0.6) is 5.75 Å². The fourth-order valence-corrected chi connectivity index (χ4v) is 4.06. The Morgan fingerprint density at radius 2 is 1.67 bits per heavy atom. The molecule has 1 heterocycles. The van der Waals surface area contributed by atoms with E-state index in [-0.39, 0.29) is 22.0 Å². The molecule has 182 valence electrons. The Bertz CT molecular complexity index is 1410. The molecule has 1 aliphatic rings. The number of barbiturate groups is 1. The van der Waals surface area contributed by atoms with Crippen LogP contribution in [0.2, 0.25) is 5.02 Å². The number of nitrogens with one attached hydrogen (secondary N) is 1. The van der Waals surface area contributed by atoms with Crippen LogP contribution in [0.25, 0.3) is 6.08 Å². The highest BCUT2D eigenvalue weighted by Gasteiger charge is 2.37. The number of halogens is 1. The number of nitro groups is 1. The Labute approximate surface area is 211 Å². The number of amides is 4. The second-order valence-electron chi connectivity index (χ2n) is 8.21. The molecular weight excluding hydrogens is 486 g/mol. The van der Waals surface area contributed by atoms with Crippen molar-refractivity contribution < 1.29 is 24.0 Å². The predicted molar refractivity (Wildman–Crippen MR) is 134 cm³/mol. The number of aryl methyl sites for hydroxylation is 2. The summed E-state index contributed by atoms with van der Waals surface area (Å²) >= 11 is 6.38. The molecule has 10 heteroatoms. The lowest BCUT2D eigenvalue weighted by Gasteiger charge is -2.26. The molecule has 1 saturated heterocycles. The van der Waals surface area contributed by atoms with Crippen molar-refractivity contribution in [1.29, 1.82) is 0 Å². The van der Waals surface area contributed by atoms with Gasteiger partial charge in [-0.3, -0.25) is 25.0 Å². The van der Waals surface area contributed by atoms with Gasteiger partial charge in [0.05, 0.1) is 15.6 Å². The van der Waals surface area contributed by atoms with Gasteiger partial charge in [0.1, 0.15) is 17.9 Å². The summed E-state index contributed by atoms with van der Waals surface area (Å²) in [5.41, 5.74) is 3.26. The van der Waals surface area contributed by atoms with Crippen molar-refractivity contribution in [3.05, 3.63) is 104 Å². The van der Waals surface area contributed by atoms with Crippen molar-refractivity contribution in [2.45, 2.75) is 20.5 Å². The number of non-ortho nitro benzene ring substituents is 1. The molecule has 36 heavy (non-hydrogen) atoms. The molecule has 0 atom stereocenters. The third-order valence-electron chi connectivity index (χ3n) is 5.36. The van der Waals surface area contributed by atoms with Gasteiger partial charge in [-0.05, 0) is 55.3 Å². The monoisotopic (exact) mass is 505 g/mol. The van der Waals surface area contributed by atoms with E-state index >= 15 is 0 Å². The highest BCUT2D eigenvalue weighted by molar-refractivity contribution is 6.39. The summed E-state index contributed by atoms with van der Waals surface area (Å²) in [6, 6.07) is 14.8. The smallest absolute Gasteiger partial charge is 0.335 e. The SMILES string of the molecule is Cc1cc(C)cc(COc2ccc(/C=C3\C(=O)NC(=O)N(c4ccc([N+](=O)[O-])cc4)C3=O)cc2Cl)c1. The summed E-state index contributed by atoms with van der Waals surface area (Å²) in [4.78, 5) is 48.8. The minimum Gasteiger partial charge on any atom is -0.487 e. The first-order valence-electron chi connectivity index (χ1n) is 10.8. The van der Waals surface area contributed by atoms with Crippen molar-refractivity contribution in [3.63, 3.8) is 0 Å². The minimum atomic E-state index is -0.954. The Morgan fingerprint density at radius 1 is 1.00 bits per heavy atom. The van der Waals surface area contributed by atoms with E-state index in [1.54, 1.807) is 18.2 Å². The number of nitrogens with zero attached hydrogens (tertiary/aromatic N) is 2. The Morgan fingerprint density at radius 3 is 2.28 bits per heavy atom. The molecule has 0 unspecified atom stereocenters. The van der Waals surface area contributed by atoms with Crippen LogP contribution in [0, 0.1) is 24.0 Å². The van der Waals surface area contributed by atoms with Crippen molar-refractivity contribution >= 4 is 46.9 Å². The largest absolute Gasteiger partial charge is 0.487 e. The molecular formula is C26H20ClN3O6. The highest BCUT2D eigenvalue weighted by Crippen LogP contribution is 2.29. The molecule has 1 fully saturated rings. The van der Waals surface area contributed by atoms with E-state index in [0.29, 0.717) is 17.9 Å². The van der Waals surface area contributed by atoms with Crippen molar-refractivity contribution in [1.82, 2.24) is 5.32 Å². The molecule has 3 aromatic carbocycles. The maximum absolute atomic E-state index is 13.0. The van der Waals surface area contributed by atoms with Crippen LogP contribution in [0.1, 0.15) is 22.3 Å².